The highest BCUT2D eigenvalue weighted by molar-refractivity contribution is 6.33. The van der Waals surface area contributed by atoms with Crippen molar-refractivity contribution in [1.29, 1.82) is 0 Å². The summed E-state index contributed by atoms with van der Waals surface area (Å²) in [5.74, 6) is -0.964. The summed E-state index contributed by atoms with van der Waals surface area (Å²) in [6, 6.07) is 13.8. The number of nitrogens with one attached hydrogen (secondary N) is 2. The molecule has 28 heavy (non-hydrogen) atoms. The average Bonchev–Trinajstić information content (AvgIpc) is 2.88. The van der Waals surface area contributed by atoms with Crippen molar-refractivity contribution in [3.63, 3.8) is 0 Å². The number of para-hydroxylation sites is 1. The number of hydrogen-bond acceptors (Lipinski definition) is 3. The van der Waals surface area contributed by atoms with Crippen molar-refractivity contribution in [1.82, 2.24) is 10.2 Å². The van der Waals surface area contributed by atoms with Gasteiger partial charge < -0.3 is 10.6 Å². The Morgan fingerprint density at radius 3 is 2.46 bits per heavy atom. The number of benzene rings is 2. The van der Waals surface area contributed by atoms with Gasteiger partial charge in [-0.1, -0.05) is 61.3 Å². The van der Waals surface area contributed by atoms with Crippen LogP contribution in [0.25, 0.3) is 0 Å². The Hall–Kier alpha value is -2.86. The number of amides is 4. The van der Waals surface area contributed by atoms with E-state index in [1.807, 2.05) is 24.3 Å². The van der Waals surface area contributed by atoms with Crippen LogP contribution in [0.3, 0.4) is 0 Å². The van der Waals surface area contributed by atoms with Crippen LogP contribution >= 0.6 is 11.6 Å². The summed E-state index contributed by atoms with van der Waals surface area (Å²) in [7, 11) is 0. The number of hydrogen-bond donors (Lipinski definition) is 2. The van der Waals surface area contributed by atoms with E-state index >= 15 is 0 Å². The summed E-state index contributed by atoms with van der Waals surface area (Å²) in [6.45, 7) is 3.36. The first-order valence-corrected chi connectivity index (χ1v) is 9.51. The Balaban J connectivity index is 1.73. The SMILES string of the molecule is CCCc1ccc([C@@]2(C)NC(=O)N(CC(=O)Nc3ccccc3Cl)C2=O)cc1. The van der Waals surface area contributed by atoms with Crippen LogP contribution < -0.4 is 10.6 Å². The summed E-state index contributed by atoms with van der Waals surface area (Å²) in [5.41, 5.74) is 1.07. The summed E-state index contributed by atoms with van der Waals surface area (Å²) in [4.78, 5) is 38.6. The van der Waals surface area contributed by atoms with Gasteiger partial charge in [0, 0.05) is 0 Å². The van der Waals surface area contributed by atoms with Gasteiger partial charge in [0.1, 0.15) is 12.1 Å². The van der Waals surface area contributed by atoms with Crippen LogP contribution in [0.15, 0.2) is 48.5 Å². The third kappa shape index (κ3) is 3.87. The van der Waals surface area contributed by atoms with E-state index in [1.165, 1.54) is 5.56 Å². The Morgan fingerprint density at radius 2 is 1.82 bits per heavy atom. The molecule has 0 aromatic heterocycles. The molecule has 1 aliphatic rings. The molecule has 1 fully saturated rings. The maximum absolute atomic E-state index is 12.9. The van der Waals surface area contributed by atoms with Crippen LogP contribution in [-0.4, -0.2) is 29.3 Å². The molecular weight excluding hydrogens is 378 g/mol. The van der Waals surface area contributed by atoms with Gasteiger partial charge in [-0.2, -0.15) is 0 Å². The first-order valence-electron chi connectivity index (χ1n) is 9.13. The van der Waals surface area contributed by atoms with Crippen LogP contribution in [0.5, 0.6) is 0 Å². The second kappa shape index (κ2) is 8.02. The summed E-state index contributed by atoms with van der Waals surface area (Å²) >= 11 is 6.03. The number of imide groups is 1. The summed E-state index contributed by atoms with van der Waals surface area (Å²) in [5, 5.41) is 5.71. The Kier molecular flexibility index (Phi) is 5.70. The number of urea groups is 1. The van der Waals surface area contributed by atoms with E-state index in [4.69, 9.17) is 11.6 Å². The van der Waals surface area contributed by atoms with Crippen molar-refractivity contribution >= 4 is 35.1 Å². The lowest BCUT2D eigenvalue weighted by Crippen LogP contribution is -2.42. The molecular formula is C21H22ClN3O3. The zero-order valence-corrected chi connectivity index (χ0v) is 16.5. The van der Waals surface area contributed by atoms with E-state index in [-0.39, 0.29) is 6.54 Å². The largest absolute Gasteiger partial charge is 0.325 e. The quantitative estimate of drug-likeness (QED) is 0.727. The molecule has 1 atom stereocenters. The van der Waals surface area contributed by atoms with Gasteiger partial charge in [0.15, 0.2) is 0 Å². The topological polar surface area (TPSA) is 78.5 Å². The normalized spacial score (nSPS) is 18.9. The third-order valence-electron chi connectivity index (χ3n) is 4.79. The number of rotatable bonds is 6. The van der Waals surface area contributed by atoms with Gasteiger partial charge >= 0.3 is 6.03 Å². The predicted molar refractivity (Wildman–Crippen MR) is 108 cm³/mol. The van der Waals surface area contributed by atoms with E-state index in [0.717, 1.165) is 17.7 Å². The molecule has 0 bridgehead atoms. The highest BCUT2D eigenvalue weighted by Gasteiger charge is 2.49. The molecule has 0 saturated carbocycles. The molecule has 2 aromatic carbocycles. The number of carbonyl (C=O) groups is 3. The summed E-state index contributed by atoms with van der Waals surface area (Å²) in [6.07, 6.45) is 1.98. The van der Waals surface area contributed by atoms with Crippen molar-refractivity contribution in [2.75, 3.05) is 11.9 Å². The van der Waals surface area contributed by atoms with Crippen LogP contribution in [-0.2, 0) is 21.5 Å². The maximum atomic E-state index is 12.9. The molecule has 1 heterocycles. The highest BCUT2D eigenvalue weighted by Crippen LogP contribution is 2.29. The predicted octanol–water partition coefficient (Wildman–Crippen LogP) is 3.70. The van der Waals surface area contributed by atoms with Gasteiger partial charge in [0.05, 0.1) is 10.7 Å². The molecule has 2 aromatic rings. The molecule has 2 N–H and O–H groups in total. The first-order chi connectivity index (χ1) is 13.3. The standard InChI is InChI=1S/C21H22ClN3O3/c1-3-6-14-9-11-15(12-10-14)21(2)19(27)25(20(28)24-21)13-18(26)23-17-8-5-4-7-16(17)22/h4-5,7-12H,3,6,13H2,1-2H3,(H,23,26)(H,24,28)/t21-/m1/s1. The Bertz CT molecular complexity index is 913. The smallest absolute Gasteiger partial charge is 0.323 e. The number of aryl methyl sites for hydroxylation is 1. The summed E-state index contributed by atoms with van der Waals surface area (Å²) < 4.78 is 0. The Labute approximate surface area is 168 Å². The van der Waals surface area contributed by atoms with Crippen molar-refractivity contribution < 1.29 is 14.4 Å². The molecule has 146 valence electrons. The van der Waals surface area contributed by atoms with Crippen LogP contribution in [0.2, 0.25) is 5.02 Å². The lowest BCUT2D eigenvalue weighted by atomic mass is 9.91. The molecule has 0 unspecified atom stereocenters. The molecule has 1 saturated heterocycles. The van der Waals surface area contributed by atoms with Gasteiger partial charge in [-0.3, -0.25) is 14.5 Å². The minimum absolute atomic E-state index is 0.380. The number of halogens is 1. The van der Waals surface area contributed by atoms with Crippen molar-refractivity contribution in [3.05, 3.63) is 64.7 Å². The molecule has 0 spiro atoms. The lowest BCUT2D eigenvalue weighted by molar-refractivity contribution is -0.133. The van der Waals surface area contributed by atoms with Gasteiger partial charge in [-0.05, 0) is 36.6 Å². The minimum atomic E-state index is -1.20. The maximum Gasteiger partial charge on any atom is 0.325 e. The van der Waals surface area contributed by atoms with Crippen molar-refractivity contribution in [3.8, 4) is 0 Å². The van der Waals surface area contributed by atoms with E-state index in [0.29, 0.717) is 16.3 Å². The average molecular weight is 400 g/mol. The lowest BCUT2D eigenvalue weighted by Gasteiger charge is -2.22. The van der Waals surface area contributed by atoms with E-state index < -0.39 is 23.4 Å². The molecule has 7 heteroatoms. The fourth-order valence-electron chi connectivity index (χ4n) is 3.23. The van der Waals surface area contributed by atoms with Crippen molar-refractivity contribution in [2.45, 2.75) is 32.2 Å². The molecule has 0 radical (unpaired) electrons. The van der Waals surface area contributed by atoms with Crippen molar-refractivity contribution in [2.24, 2.45) is 0 Å². The van der Waals surface area contributed by atoms with E-state index in [1.54, 1.807) is 31.2 Å². The van der Waals surface area contributed by atoms with Gasteiger partial charge in [-0.25, -0.2) is 4.79 Å². The molecule has 1 aliphatic heterocycles. The van der Waals surface area contributed by atoms with E-state index in [2.05, 4.69) is 17.6 Å². The molecule has 0 aliphatic carbocycles. The van der Waals surface area contributed by atoms with Gasteiger partial charge in [0.2, 0.25) is 5.91 Å². The Morgan fingerprint density at radius 1 is 1.14 bits per heavy atom. The minimum Gasteiger partial charge on any atom is -0.323 e. The fourth-order valence-corrected chi connectivity index (χ4v) is 3.41. The zero-order valence-electron chi connectivity index (χ0n) is 15.8. The fraction of sp³-hybridized carbons (Fsp3) is 0.286. The second-order valence-electron chi connectivity index (χ2n) is 6.92. The molecule has 4 amide bonds. The number of anilines is 1. The first kappa shape index (κ1) is 19.9. The monoisotopic (exact) mass is 399 g/mol. The van der Waals surface area contributed by atoms with Gasteiger partial charge in [0.25, 0.3) is 5.91 Å². The van der Waals surface area contributed by atoms with Crippen LogP contribution in [0.1, 0.15) is 31.4 Å². The second-order valence-corrected chi connectivity index (χ2v) is 7.33. The molecule has 6 nitrogen and oxygen atoms in total. The van der Waals surface area contributed by atoms with Crippen LogP contribution in [0.4, 0.5) is 10.5 Å². The number of carbonyl (C=O) groups excluding carboxylic acids is 3. The van der Waals surface area contributed by atoms with Gasteiger partial charge in [-0.15, -0.1) is 0 Å². The third-order valence-corrected chi connectivity index (χ3v) is 5.12. The van der Waals surface area contributed by atoms with E-state index in [9.17, 15) is 14.4 Å². The zero-order chi connectivity index (χ0) is 20.3. The van der Waals surface area contributed by atoms with Crippen LogP contribution in [0, 0.1) is 0 Å². The molecule has 3 rings (SSSR count). The number of nitrogens with zero attached hydrogens (tertiary/aromatic N) is 1. The highest BCUT2D eigenvalue weighted by atomic mass is 35.5.